The van der Waals surface area contributed by atoms with Gasteiger partial charge in [0.1, 0.15) is 17.6 Å². The molecular weight excluding hydrogens is 327 g/mol. The molecular formula is C18H17FN2O4. The van der Waals surface area contributed by atoms with Gasteiger partial charge in [0, 0.05) is 36.4 Å². The van der Waals surface area contributed by atoms with Crippen molar-refractivity contribution >= 4 is 22.8 Å². The molecule has 0 bridgehead atoms. The number of carbonyl (C=O) groups excluding carboxylic acids is 1. The fourth-order valence-electron chi connectivity index (χ4n) is 2.71. The number of aryl methyl sites for hydroxylation is 1. The molecule has 0 radical (unpaired) electrons. The van der Waals surface area contributed by atoms with Crippen LogP contribution in [0.25, 0.3) is 10.9 Å². The number of carboxylic acid groups (broad SMARTS) is 1. The van der Waals surface area contributed by atoms with Crippen LogP contribution in [0.3, 0.4) is 0 Å². The molecule has 3 aromatic rings. The Hall–Kier alpha value is -3.09. The van der Waals surface area contributed by atoms with Crippen molar-refractivity contribution < 1.29 is 23.5 Å². The molecule has 0 aliphatic heterocycles. The Morgan fingerprint density at radius 1 is 1.32 bits per heavy atom. The lowest BCUT2D eigenvalue weighted by atomic mass is 10.0. The normalized spacial score (nSPS) is 12.2. The van der Waals surface area contributed by atoms with Crippen molar-refractivity contribution in [2.24, 2.45) is 0 Å². The smallest absolute Gasteiger partial charge is 0.326 e. The van der Waals surface area contributed by atoms with E-state index in [-0.39, 0.29) is 24.6 Å². The lowest BCUT2D eigenvalue weighted by molar-refractivity contribution is -0.141. The Kier molecular flexibility index (Phi) is 4.83. The van der Waals surface area contributed by atoms with Gasteiger partial charge in [-0.2, -0.15) is 0 Å². The number of H-pyrrole nitrogens is 1. The van der Waals surface area contributed by atoms with Gasteiger partial charge in [0.2, 0.25) is 5.91 Å². The van der Waals surface area contributed by atoms with Crippen LogP contribution in [0.15, 0.2) is 47.2 Å². The molecule has 2 aromatic heterocycles. The predicted octanol–water partition coefficient (Wildman–Crippen LogP) is 2.64. The number of carboxylic acids is 1. The number of aliphatic carboxylic acids is 1. The molecule has 1 atom stereocenters. The zero-order valence-corrected chi connectivity index (χ0v) is 13.3. The standard InChI is InChI=1S/C18H17FN2O4/c19-12-3-5-14-11(10-20-15(14)9-12)8-16(18(23)24)21-17(22)6-4-13-2-1-7-25-13/h1-3,5,7,9-10,16,20H,4,6,8H2,(H,21,22)(H,23,24). The summed E-state index contributed by atoms with van der Waals surface area (Å²) in [4.78, 5) is 26.4. The van der Waals surface area contributed by atoms with Gasteiger partial charge in [-0.15, -0.1) is 0 Å². The molecule has 3 N–H and O–H groups in total. The number of rotatable bonds is 7. The maximum absolute atomic E-state index is 13.2. The molecule has 0 saturated carbocycles. The SMILES string of the molecule is O=C(CCc1ccco1)NC(Cc1c[nH]c2cc(F)ccc12)C(=O)O. The molecule has 1 amide bonds. The molecule has 3 rings (SSSR count). The van der Waals surface area contributed by atoms with Crippen molar-refractivity contribution in [3.8, 4) is 0 Å². The molecule has 0 saturated heterocycles. The lowest BCUT2D eigenvalue weighted by Crippen LogP contribution is -2.42. The number of aromatic amines is 1. The number of hydrogen-bond acceptors (Lipinski definition) is 3. The van der Waals surface area contributed by atoms with Crippen molar-refractivity contribution in [3.05, 3.63) is 59.9 Å². The maximum atomic E-state index is 13.2. The molecule has 6 nitrogen and oxygen atoms in total. The highest BCUT2D eigenvalue weighted by molar-refractivity contribution is 5.86. The summed E-state index contributed by atoms with van der Waals surface area (Å²) in [5.74, 6) is -1.19. The van der Waals surface area contributed by atoms with Crippen LogP contribution >= 0.6 is 0 Å². The first-order valence-electron chi connectivity index (χ1n) is 7.83. The van der Waals surface area contributed by atoms with Gasteiger partial charge in [-0.1, -0.05) is 0 Å². The quantitative estimate of drug-likeness (QED) is 0.614. The average Bonchev–Trinajstić information content (AvgIpc) is 3.22. The molecule has 0 spiro atoms. The highest BCUT2D eigenvalue weighted by Crippen LogP contribution is 2.20. The number of carbonyl (C=O) groups is 2. The van der Waals surface area contributed by atoms with Crippen molar-refractivity contribution in [3.63, 3.8) is 0 Å². The Bertz CT molecular complexity index is 886. The van der Waals surface area contributed by atoms with E-state index in [1.54, 1.807) is 24.4 Å². The molecule has 0 fully saturated rings. The van der Waals surface area contributed by atoms with Crippen molar-refractivity contribution in [2.75, 3.05) is 0 Å². The Balaban J connectivity index is 1.66. The molecule has 1 unspecified atom stereocenters. The first-order chi connectivity index (χ1) is 12.0. The summed E-state index contributed by atoms with van der Waals surface area (Å²) < 4.78 is 18.4. The zero-order valence-electron chi connectivity index (χ0n) is 13.3. The van der Waals surface area contributed by atoms with Crippen LogP contribution in [0, 0.1) is 5.82 Å². The monoisotopic (exact) mass is 344 g/mol. The van der Waals surface area contributed by atoms with E-state index in [0.29, 0.717) is 23.3 Å². The third-order valence-corrected chi connectivity index (χ3v) is 3.97. The Labute approximate surface area is 142 Å². The summed E-state index contributed by atoms with van der Waals surface area (Å²) in [6, 6.07) is 6.68. The minimum Gasteiger partial charge on any atom is -0.480 e. The van der Waals surface area contributed by atoms with Crippen LogP contribution in [0.1, 0.15) is 17.7 Å². The third-order valence-electron chi connectivity index (χ3n) is 3.97. The summed E-state index contributed by atoms with van der Waals surface area (Å²) in [5, 5.41) is 12.6. The number of benzene rings is 1. The van der Waals surface area contributed by atoms with Crippen molar-refractivity contribution in [1.29, 1.82) is 0 Å². The second kappa shape index (κ2) is 7.21. The van der Waals surface area contributed by atoms with Crippen LogP contribution < -0.4 is 5.32 Å². The van der Waals surface area contributed by atoms with Gasteiger partial charge >= 0.3 is 5.97 Å². The maximum Gasteiger partial charge on any atom is 0.326 e. The van der Waals surface area contributed by atoms with Gasteiger partial charge in [-0.05, 0) is 35.9 Å². The second-order valence-electron chi connectivity index (χ2n) is 5.75. The summed E-state index contributed by atoms with van der Waals surface area (Å²) >= 11 is 0. The fourth-order valence-corrected chi connectivity index (χ4v) is 2.71. The topological polar surface area (TPSA) is 95.3 Å². The summed E-state index contributed by atoms with van der Waals surface area (Å²) in [6.45, 7) is 0. The van der Waals surface area contributed by atoms with Gasteiger partial charge in [0.05, 0.1) is 6.26 Å². The third kappa shape index (κ3) is 4.06. The molecule has 25 heavy (non-hydrogen) atoms. The van der Waals surface area contributed by atoms with Gasteiger partial charge < -0.3 is 19.8 Å². The van der Waals surface area contributed by atoms with E-state index >= 15 is 0 Å². The lowest BCUT2D eigenvalue weighted by Gasteiger charge is -2.14. The van der Waals surface area contributed by atoms with Crippen LogP contribution in [0.5, 0.6) is 0 Å². The predicted molar refractivity (Wildman–Crippen MR) is 88.6 cm³/mol. The number of amides is 1. The summed E-state index contributed by atoms with van der Waals surface area (Å²) in [7, 11) is 0. The number of hydrogen-bond donors (Lipinski definition) is 3. The van der Waals surface area contributed by atoms with Crippen LogP contribution in [-0.2, 0) is 22.4 Å². The summed E-state index contributed by atoms with van der Waals surface area (Å²) in [6.07, 6.45) is 3.80. The number of halogens is 1. The number of nitrogens with one attached hydrogen (secondary N) is 2. The van der Waals surface area contributed by atoms with Crippen molar-refractivity contribution in [1.82, 2.24) is 10.3 Å². The summed E-state index contributed by atoms with van der Waals surface area (Å²) in [5.41, 5.74) is 1.29. The number of furan rings is 1. The Morgan fingerprint density at radius 2 is 2.16 bits per heavy atom. The van der Waals surface area contributed by atoms with E-state index < -0.39 is 12.0 Å². The van der Waals surface area contributed by atoms with E-state index in [1.807, 2.05) is 0 Å². The minimum atomic E-state index is -1.12. The molecule has 0 aliphatic rings. The number of fused-ring (bicyclic) bond motifs is 1. The van der Waals surface area contributed by atoms with Gasteiger partial charge in [0.25, 0.3) is 0 Å². The van der Waals surface area contributed by atoms with E-state index in [9.17, 15) is 19.1 Å². The number of aromatic nitrogens is 1. The van der Waals surface area contributed by atoms with E-state index in [2.05, 4.69) is 10.3 Å². The molecule has 7 heteroatoms. The van der Waals surface area contributed by atoms with Crippen LogP contribution in [-0.4, -0.2) is 28.0 Å². The molecule has 2 heterocycles. The second-order valence-corrected chi connectivity index (χ2v) is 5.75. The van der Waals surface area contributed by atoms with Gasteiger partial charge in [-0.3, -0.25) is 4.79 Å². The average molecular weight is 344 g/mol. The van der Waals surface area contributed by atoms with Crippen LogP contribution in [0.4, 0.5) is 4.39 Å². The Morgan fingerprint density at radius 3 is 2.88 bits per heavy atom. The van der Waals surface area contributed by atoms with Crippen molar-refractivity contribution in [2.45, 2.75) is 25.3 Å². The van der Waals surface area contributed by atoms with E-state index in [0.717, 1.165) is 5.39 Å². The zero-order chi connectivity index (χ0) is 17.8. The van der Waals surface area contributed by atoms with Gasteiger partial charge in [0.15, 0.2) is 0 Å². The minimum absolute atomic E-state index is 0.105. The highest BCUT2D eigenvalue weighted by Gasteiger charge is 2.22. The largest absolute Gasteiger partial charge is 0.480 e. The molecule has 1 aromatic carbocycles. The van der Waals surface area contributed by atoms with Crippen LogP contribution in [0.2, 0.25) is 0 Å². The highest BCUT2D eigenvalue weighted by atomic mass is 19.1. The molecule has 130 valence electrons. The molecule has 0 aliphatic carbocycles. The first kappa shape index (κ1) is 16.8. The first-order valence-corrected chi connectivity index (χ1v) is 7.83. The van der Waals surface area contributed by atoms with Gasteiger partial charge in [-0.25, -0.2) is 9.18 Å². The van der Waals surface area contributed by atoms with E-state index in [1.165, 1.54) is 18.4 Å². The fraction of sp³-hybridized carbons (Fsp3) is 0.222. The van der Waals surface area contributed by atoms with E-state index in [4.69, 9.17) is 4.42 Å².